The summed E-state index contributed by atoms with van der Waals surface area (Å²) in [5, 5.41) is 8.09. The Morgan fingerprint density at radius 3 is 2.00 bits per heavy atom. The summed E-state index contributed by atoms with van der Waals surface area (Å²) in [7, 11) is 1.76. The van der Waals surface area contributed by atoms with E-state index in [0.717, 1.165) is 0 Å². The van der Waals surface area contributed by atoms with Crippen molar-refractivity contribution in [2.75, 3.05) is 20.2 Å². The average Bonchev–Trinajstić information content (AvgIpc) is 1.61. The van der Waals surface area contributed by atoms with E-state index in [1.54, 1.807) is 7.05 Å². The second kappa shape index (κ2) is 15.7. The first-order chi connectivity index (χ1) is 2.91. The zero-order chi connectivity index (χ0) is 4.83. The van der Waals surface area contributed by atoms with Crippen molar-refractivity contribution in [3.63, 3.8) is 0 Å². The number of hydrogen-bond acceptors (Lipinski definition) is 3. The van der Waals surface area contributed by atoms with Crippen LogP contribution in [0, 0.1) is 0 Å². The smallest absolute Gasteiger partial charge is 0.0569 e. The lowest BCUT2D eigenvalue weighted by atomic mass is 10.7. The molecule has 0 rings (SSSR count). The topological polar surface area (TPSA) is 44.3 Å². The number of halogens is 2. The highest BCUT2D eigenvalue weighted by atomic mass is 35.5. The van der Waals surface area contributed by atoms with Gasteiger partial charge in [-0.1, -0.05) is 0 Å². The van der Waals surface area contributed by atoms with E-state index in [2.05, 4.69) is 10.9 Å². The third-order valence-electron chi connectivity index (χ3n) is 0.414. The molecule has 54 valence electrons. The zero-order valence-electron chi connectivity index (χ0n) is 4.68. The molecule has 0 radical (unpaired) electrons. The van der Waals surface area contributed by atoms with Gasteiger partial charge in [0.25, 0.3) is 0 Å². The zero-order valence-corrected chi connectivity index (χ0v) is 6.31. The highest BCUT2D eigenvalue weighted by Crippen LogP contribution is 1.43. The highest BCUT2D eigenvalue weighted by molar-refractivity contribution is 5.85. The van der Waals surface area contributed by atoms with E-state index in [0.29, 0.717) is 6.54 Å². The molecule has 0 fully saturated rings. The molecule has 0 saturated heterocycles. The summed E-state index contributed by atoms with van der Waals surface area (Å²) in [4.78, 5) is 0. The van der Waals surface area contributed by atoms with Gasteiger partial charge in [0.15, 0.2) is 0 Å². The molecule has 0 atom stereocenters. The molecule has 0 aliphatic carbocycles. The molecular formula is C3H12Cl2N2O. The molecule has 0 bridgehead atoms. The number of hydrazine groups is 1. The van der Waals surface area contributed by atoms with Crippen LogP contribution in [0.5, 0.6) is 0 Å². The molecule has 0 aromatic heterocycles. The Balaban J connectivity index is -0.000000125. The molecule has 0 spiro atoms. The fraction of sp³-hybridized carbons (Fsp3) is 1.00. The first kappa shape index (κ1) is 15.8. The molecule has 0 aliphatic heterocycles. The van der Waals surface area contributed by atoms with Gasteiger partial charge in [-0.3, -0.25) is 10.9 Å². The second-order valence-corrected chi connectivity index (χ2v) is 0.900. The maximum absolute atomic E-state index is 8.09. The standard InChI is InChI=1S/C3H10N2O.2ClH/c1-4-5-2-3-6;;/h4-6H,2-3H2,1H3;2*1H. The molecule has 0 aromatic rings. The van der Waals surface area contributed by atoms with Crippen molar-refractivity contribution in [2.24, 2.45) is 0 Å². The van der Waals surface area contributed by atoms with Crippen molar-refractivity contribution < 1.29 is 5.11 Å². The van der Waals surface area contributed by atoms with Crippen molar-refractivity contribution in [3.8, 4) is 0 Å². The second-order valence-electron chi connectivity index (χ2n) is 0.900. The summed E-state index contributed by atoms with van der Waals surface area (Å²) in [5.74, 6) is 0. The van der Waals surface area contributed by atoms with Crippen LogP contribution in [0.15, 0.2) is 0 Å². The van der Waals surface area contributed by atoms with E-state index in [1.807, 2.05) is 0 Å². The first-order valence-electron chi connectivity index (χ1n) is 1.92. The fourth-order valence-corrected chi connectivity index (χ4v) is 0.181. The van der Waals surface area contributed by atoms with Gasteiger partial charge >= 0.3 is 0 Å². The first-order valence-corrected chi connectivity index (χ1v) is 1.92. The molecule has 0 saturated carbocycles. The van der Waals surface area contributed by atoms with Gasteiger partial charge in [0.2, 0.25) is 0 Å². The number of rotatable bonds is 3. The van der Waals surface area contributed by atoms with Crippen molar-refractivity contribution in [1.82, 2.24) is 10.9 Å². The van der Waals surface area contributed by atoms with Gasteiger partial charge in [0.1, 0.15) is 0 Å². The fourth-order valence-electron chi connectivity index (χ4n) is 0.181. The predicted octanol–water partition coefficient (Wildman–Crippen LogP) is -0.454. The van der Waals surface area contributed by atoms with Gasteiger partial charge in [-0.05, 0) is 7.05 Å². The number of hydrogen-bond donors (Lipinski definition) is 3. The van der Waals surface area contributed by atoms with Crippen LogP contribution in [0.3, 0.4) is 0 Å². The highest BCUT2D eigenvalue weighted by Gasteiger charge is 1.70. The quantitative estimate of drug-likeness (QED) is 0.390. The van der Waals surface area contributed by atoms with E-state index in [9.17, 15) is 0 Å². The third-order valence-corrected chi connectivity index (χ3v) is 0.414. The predicted molar refractivity (Wildman–Crippen MR) is 38.6 cm³/mol. The van der Waals surface area contributed by atoms with Crippen molar-refractivity contribution in [1.29, 1.82) is 0 Å². The molecule has 0 amide bonds. The minimum absolute atomic E-state index is 0. The van der Waals surface area contributed by atoms with E-state index < -0.39 is 0 Å². The van der Waals surface area contributed by atoms with E-state index in [4.69, 9.17) is 5.11 Å². The van der Waals surface area contributed by atoms with Crippen LogP contribution in [-0.2, 0) is 0 Å². The van der Waals surface area contributed by atoms with Crippen LogP contribution in [0.1, 0.15) is 0 Å². The molecule has 0 aliphatic rings. The molecule has 8 heavy (non-hydrogen) atoms. The van der Waals surface area contributed by atoms with Crippen LogP contribution in [0.25, 0.3) is 0 Å². The maximum Gasteiger partial charge on any atom is 0.0569 e. The molecule has 3 N–H and O–H groups in total. The molecule has 0 unspecified atom stereocenters. The Labute approximate surface area is 61.6 Å². The third kappa shape index (κ3) is 16.1. The Bertz CT molecular complexity index is 27.2. The summed E-state index contributed by atoms with van der Waals surface area (Å²) >= 11 is 0. The Hall–Kier alpha value is 0.460. The Morgan fingerprint density at radius 2 is 1.88 bits per heavy atom. The molecule has 3 nitrogen and oxygen atoms in total. The van der Waals surface area contributed by atoms with Crippen LogP contribution in [-0.4, -0.2) is 25.3 Å². The van der Waals surface area contributed by atoms with Gasteiger partial charge < -0.3 is 5.11 Å². The van der Waals surface area contributed by atoms with Crippen LogP contribution in [0.2, 0.25) is 0 Å². The lowest BCUT2D eigenvalue weighted by molar-refractivity contribution is 0.286. The number of nitrogens with one attached hydrogen (secondary N) is 2. The molecule has 0 heterocycles. The largest absolute Gasteiger partial charge is 0.395 e. The van der Waals surface area contributed by atoms with Gasteiger partial charge in [-0.2, -0.15) is 0 Å². The summed E-state index contributed by atoms with van der Waals surface area (Å²) in [6, 6.07) is 0. The van der Waals surface area contributed by atoms with Crippen molar-refractivity contribution in [2.45, 2.75) is 0 Å². The summed E-state index contributed by atoms with van der Waals surface area (Å²) in [6.07, 6.45) is 0. The van der Waals surface area contributed by atoms with Crippen LogP contribution < -0.4 is 10.9 Å². The normalized spacial score (nSPS) is 6.75. The Morgan fingerprint density at radius 1 is 1.38 bits per heavy atom. The Kier molecular flexibility index (Phi) is 30.9. The minimum atomic E-state index is 0. The maximum atomic E-state index is 8.09. The van der Waals surface area contributed by atoms with Gasteiger partial charge in [-0.15, -0.1) is 24.8 Å². The molecule has 5 heteroatoms. The van der Waals surface area contributed by atoms with Gasteiger partial charge in [0, 0.05) is 6.54 Å². The van der Waals surface area contributed by atoms with Crippen molar-refractivity contribution >= 4 is 24.8 Å². The summed E-state index contributed by atoms with van der Waals surface area (Å²) in [5.41, 5.74) is 5.36. The average molecular weight is 163 g/mol. The molecular weight excluding hydrogens is 151 g/mol. The lowest BCUT2D eigenvalue weighted by Gasteiger charge is -1.94. The summed E-state index contributed by atoms with van der Waals surface area (Å²) < 4.78 is 0. The SMILES string of the molecule is CNNCCO.Cl.Cl. The molecule has 0 aromatic carbocycles. The van der Waals surface area contributed by atoms with E-state index in [1.165, 1.54) is 0 Å². The van der Waals surface area contributed by atoms with E-state index in [-0.39, 0.29) is 31.4 Å². The minimum Gasteiger partial charge on any atom is -0.395 e. The number of aliphatic hydroxyl groups is 1. The van der Waals surface area contributed by atoms with Crippen LogP contribution in [0.4, 0.5) is 0 Å². The van der Waals surface area contributed by atoms with Gasteiger partial charge in [0.05, 0.1) is 6.61 Å². The van der Waals surface area contributed by atoms with Crippen molar-refractivity contribution in [3.05, 3.63) is 0 Å². The lowest BCUT2D eigenvalue weighted by Crippen LogP contribution is -2.29. The monoisotopic (exact) mass is 162 g/mol. The number of aliphatic hydroxyl groups excluding tert-OH is 1. The van der Waals surface area contributed by atoms with Crippen LogP contribution >= 0.6 is 24.8 Å². The van der Waals surface area contributed by atoms with E-state index >= 15 is 0 Å². The van der Waals surface area contributed by atoms with Gasteiger partial charge in [-0.25, -0.2) is 0 Å². The summed E-state index contributed by atoms with van der Waals surface area (Å²) in [6.45, 7) is 0.789.